The molecule has 19 heavy (non-hydrogen) atoms. The standard InChI is InChI=1S/C15H12N2O2/c18-15-16-10-11-17(15)12-6-8-14(9-7-12)19-13-4-2-1-3-5-13/h1-11H,(H,16,18). The van der Waals surface area contributed by atoms with Gasteiger partial charge in [0.15, 0.2) is 0 Å². The summed E-state index contributed by atoms with van der Waals surface area (Å²) < 4.78 is 7.22. The van der Waals surface area contributed by atoms with Crippen LogP contribution in [0.3, 0.4) is 0 Å². The van der Waals surface area contributed by atoms with Crippen molar-refractivity contribution in [1.82, 2.24) is 9.55 Å². The van der Waals surface area contributed by atoms with E-state index in [-0.39, 0.29) is 5.69 Å². The van der Waals surface area contributed by atoms with Gasteiger partial charge in [0.25, 0.3) is 0 Å². The molecule has 0 aliphatic heterocycles. The zero-order chi connectivity index (χ0) is 13.1. The SMILES string of the molecule is O=c1[nH]ccn1-c1ccc(Oc2ccccc2)cc1. The highest BCUT2D eigenvalue weighted by molar-refractivity contribution is 5.39. The van der Waals surface area contributed by atoms with E-state index in [1.165, 1.54) is 4.57 Å². The monoisotopic (exact) mass is 252 g/mol. The van der Waals surface area contributed by atoms with Gasteiger partial charge in [-0.3, -0.25) is 4.57 Å². The van der Waals surface area contributed by atoms with Crippen molar-refractivity contribution >= 4 is 0 Å². The minimum absolute atomic E-state index is 0.156. The fraction of sp³-hybridized carbons (Fsp3) is 0. The van der Waals surface area contributed by atoms with Crippen LogP contribution in [0.15, 0.2) is 71.8 Å². The number of imidazole rings is 1. The van der Waals surface area contributed by atoms with Crippen LogP contribution in [-0.4, -0.2) is 9.55 Å². The van der Waals surface area contributed by atoms with Gasteiger partial charge in [-0.1, -0.05) is 18.2 Å². The molecule has 0 unspecified atom stereocenters. The molecule has 94 valence electrons. The van der Waals surface area contributed by atoms with Crippen LogP contribution in [-0.2, 0) is 0 Å². The molecule has 1 aromatic heterocycles. The smallest absolute Gasteiger partial charge is 0.330 e. The Bertz CT molecular complexity index is 712. The minimum atomic E-state index is -0.156. The van der Waals surface area contributed by atoms with Gasteiger partial charge in [0.1, 0.15) is 11.5 Å². The summed E-state index contributed by atoms with van der Waals surface area (Å²) in [4.78, 5) is 14.1. The van der Waals surface area contributed by atoms with Gasteiger partial charge in [-0.05, 0) is 36.4 Å². The molecule has 3 aromatic rings. The first-order valence-corrected chi connectivity index (χ1v) is 5.92. The van der Waals surface area contributed by atoms with Crippen molar-refractivity contribution in [1.29, 1.82) is 0 Å². The lowest BCUT2D eigenvalue weighted by molar-refractivity contribution is 0.482. The number of nitrogens with one attached hydrogen (secondary N) is 1. The predicted molar refractivity (Wildman–Crippen MR) is 72.9 cm³/mol. The summed E-state index contributed by atoms with van der Waals surface area (Å²) in [5.41, 5.74) is 0.642. The van der Waals surface area contributed by atoms with Gasteiger partial charge >= 0.3 is 5.69 Å². The predicted octanol–water partition coefficient (Wildman–Crippen LogP) is 2.96. The van der Waals surface area contributed by atoms with Crippen molar-refractivity contribution in [2.24, 2.45) is 0 Å². The zero-order valence-corrected chi connectivity index (χ0v) is 10.1. The van der Waals surface area contributed by atoms with Gasteiger partial charge in [-0.15, -0.1) is 0 Å². The Hall–Kier alpha value is -2.75. The third-order valence-electron chi connectivity index (χ3n) is 2.74. The van der Waals surface area contributed by atoms with Crippen LogP contribution in [0.5, 0.6) is 11.5 Å². The average molecular weight is 252 g/mol. The summed E-state index contributed by atoms with van der Waals surface area (Å²) in [6.07, 6.45) is 3.30. The number of H-pyrrole nitrogens is 1. The van der Waals surface area contributed by atoms with Crippen molar-refractivity contribution in [2.75, 3.05) is 0 Å². The fourth-order valence-corrected chi connectivity index (χ4v) is 1.82. The maximum absolute atomic E-state index is 11.5. The number of hydrogen-bond donors (Lipinski definition) is 1. The van der Waals surface area contributed by atoms with E-state index in [9.17, 15) is 4.79 Å². The first-order valence-electron chi connectivity index (χ1n) is 5.92. The average Bonchev–Trinajstić information content (AvgIpc) is 2.87. The Morgan fingerprint density at radius 3 is 2.21 bits per heavy atom. The Kier molecular flexibility index (Phi) is 2.90. The highest BCUT2D eigenvalue weighted by Crippen LogP contribution is 2.21. The van der Waals surface area contributed by atoms with Crippen LogP contribution in [0.2, 0.25) is 0 Å². The van der Waals surface area contributed by atoms with Crippen LogP contribution < -0.4 is 10.4 Å². The number of benzene rings is 2. The molecule has 4 nitrogen and oxygen atoms in total. The summed E-state index contributed by atoms with van der Waals surface area (Å²) in [6.45, 7) is 0. The molecule has 2 aromatic carbocycles. The van der Waals surface area contributed by atoms with Crippen molar-refractivity contribution in [2.45, 2.75) is 0 Å². The summed E-state index contributed by atoms with van der Waals surface area (Å²) in [5.74, 6) is 1.52. The van der Waals surface area contributed by atoms with E-state index >= 15 is 0 Å². The number of rotatable bonds is 3. The molecular weight excluding hydrogens is 240 g/mol. The third-order valence-corrected chi connectivity index (χ3v) is 2.74. The molecule has 0 bridgehead atoms. The fourth-order valence-electron chi connectivity index (χ4n) is 1.82. The normalized spacial score (nSPS) is 10.3. The number of para-hydroxylation sites is 1. The largest absolute Gasteiger partial charge is 0.457 e. The minimum Gasteiger partial charge on any atom is -0.457 e. The topological polar surface area (TPSA) is 47.0 Å². The van der Waals surface area contributed by atoms with Gasteiger partial charge < -0.3 is 9.72 Å². The molecule has 3 rings (SSSR count). The summed E-state index contributed by atoms with van der Waals surface area (Å²) in [7, 11) is 0. The van der Waals surface area contributed by atoms with Crippen LogP contribution in [0, 0.1) is 0 Å². The highest BCUT2D eigenvalue weighted by Gasteiger charge is 2.01. The second-order valence-corrected chi connectivity index (χ2v) is 4.04. The molecule has 1 N–H and O–H groups in total. The first kappa shape index (κ1) is 11.3. The Labute approximate surface area is 109 Å². The molecule has 0 spiro atoms. The Morgan fingerprint density at radius 1 is 0.895 bits per heavy atom. The van der Waals surface area contributed by atoms with Gasteiger partial charge in [-0.2, -0.15) is 0 Å². The number of hydrogen-bond acceptors (Lipinski definition) is 2. The van der Waals surface area contributed by atoms with E-state index in [2.05, 4.69) is 4.98 Å². The molecule has 0 saturated heterocycles. The Morgan fingerprint density at radius 2 is 1.58 bits per heavy atom. The molecule has 0 aliphatic carbocycles. The lowest BCUT2D eigenvalue weighted by Gasteiger charge is -2.06. The van der Waals surface area contributed by atoms with E-state index < -0.39 is 0 Å². The maximum Gasteiger partial charge on any atom is 0.330 e. The van der Waals surface area contributed by atoms with E-state index in [0.29, 0.717) is 0 Å². The second kappa shape index (κ2) is 4.86. The van der Waals surface area contributed by atoms with Crippen LogP contribution in [0.1, 0.15) is 0 Å². The van der Waals surface area contributed by atoms with Gasteiger partial charge in [0.2, 0.25) is 0 Å². The lowest BCUT2D eigenvalue weighted by atomic mass is 10.3. The van der Waals surface area contributed by atoms with Crippen LogP contribution >= 0.6 is 0 Å². The molecule has 4 heteroatoms. The number of nitrogens with zero attached hydrogens (tertiary/aromatic N) is 1. The lowest BCUT2D eigenvalue weighted by Crippen LogP contribution is -2.13. The van der Waals surface area contributed by atoms with Crippen LogP contribution in [0.4, 0.5) is 0 Å². The van der Waals surface area contributed by atoms with E-state index in [1.807, 2.05) is 54.6 Å². The third kappa shape index (κ3) is 2.42. The molecule has 0 saturated carbocycles. The van der Waals surface area contributed by atoms with Crippen molar-refractivity contribution in [3.05, 3.63) is 77.5 Å². The summed E-state index contributed by atoms with van der Waals surface area (Å²) in [5, 5.41) is 0. The van der Waals surface area contributed by atoms with E-state index in [4.69, 9.17) is 4.74 Å². The maximum atomic E-state index is 11.5. The van der Waals surface area contributed by atoms with E-state index in [0.717, 1.165) is 17.2 Å². The quantitative estimate of drug-likeness (QED) is 0.779. The summed E-state index contributed by atoms with van der Waals surface area (Å²) in [6, 6.07) is 16.9. The van der Waals surface area contributed by atoms with Crippen molar-refractivity contribution in [3.8, 4) is 17.2 Å². The zero-order valence-electron chi connectivity index (χ0n) is 10.1. The molecule has 0 aliphatic rings. The van der Waals surface area contributed by atoms with Crippen molar-refractivity contribution in [3.63, 3.8) is 0 Å². The number of ether oxygens (including phenoxy) is 1. The van der Waals surface area contributed by atoms with E-state index in [1.54, 1.807) is 12.4 Å². The molecule has 0 amide bonds. The Balaban J connectivity index is 1.84. The molecular formula is C15H12N2O2. The van der Waals surface area contributed by atoms with Gasteiger partial charge in [-0.25, -0.2) is 4.79 Å². The van der Waals surface area contributed by atoms with Gasteiger partial charge in [0.05, 0.1) is 5.69 Å². The highest BCUT2D eigenvalue weighted by atomic mass is 16.5. The first-order chi connectivity index (χ1) is 9.33. The number of aromatic nitrogens is 2. The second-order valence-electron chi connectivity index (χ2n) is 4.04. The molecule has 1 heterocycles. The summed E-state index contributed by atoms with van der Waals surface area (Å²) >= 11 is 0. The molecule has 0 radical (unpaired) electrons. The van der Waals surface area contributed by atoms with Gasteiger partial charge in [0, 0.05) is 12.4 Å². The number of aromatic amines is 1. The molecule has 0 atom stereocenters. The van der Waals surface area contributed by atoms with Crippen LogP contribution in [0.25, 0.3) is 5.69 Å². The van der Waals surface area contributed by atoms with Crippen molar-refractivity contribution < 1.29 is 4.74 Å². The molecule has 0 fully saturated rings.